The fourth-order valence-electron chi connectivity index (χ4n) is 5.00. The van der Waals surface area contributed by atoms with Crippen LogP contribution in [0.2, 0.25) is 0 Å². The third-order valence-electron chi connectivity index (χ3n) is 7.06. The van der Waals surface area contributed by atoms with E-state index < -0.39 is 15.3 Å². The van der Waals surface area contributed by atoms with Crippen molar-refractivity contribution < 1.29 is 18.0 Å². The van der Waals surface area contributed by atoms with E-state index in [1.165, 1.54) is 0 Å². The van der Waals surface area contributed by atoms with Gasteiger partial charge in [0.15, 0.2) is 5.78 Å². The van der Waals surface area contributed by atoms with Gasteiger partial charge in [-0.1, -0.05) is 54.6 Å². The summed E-state index contributed by atoms with van der Waals surface area (Å²) in [5.41, 5.74) is 2.38. The number of hydrogen-bond donors (Lipinski definition) is 0. The van der Waals surface area contributed by atoms with Gasteiger partial charge in [-0.15, -0.1) is 0 Å². The van der Waals surface area contributed by atoms with Gasteiger partial charge in [0.05, 0.1) is 0 Å². The molecule has 2 aliphatic rings. The molecule has 0 aliphatic carbocycles. The highest BCUT2D eigenvalue weighted by atomic mass is 32.2. The summed E-state index contributed by atoms with van der Waals surface area (Å²) in [7, 11) is -3.48. The van der Waals surface area contributed by atoms with Crippen molar-refractivity contribution in [1.82, 2.24) is 9.21 Å². The summed E-state index contributed by atoms with van der Waals surface area (Å²) in [4.78, 5) is 26.1. The number of likely N-dealkylation sites (tertiary alicyclic amines) is 1. The number of rotatable bonds is 9. The van der Waals surface area contributed by atoms with Gasteiger partial charge in [-0.25, -0.2) is 8.42 Å². The van der Waals surface area contributed by atoms with Crippen molar-refractivity contribution in [2.75, 3.05) is 13.1 Å². The molecule has 1 amide bonds. The molecule has 0 N–H and O–H groups in total. The molecule has 2 aromatic carbocycles. The normalized spacial score (nSPS) is 22.7. The fourth-order valence-corrected chi connectivity index (χ4v) is 7.20. The first-order valence-electron chi connectivity index (χ1n) is 12.3. The van der Waals surface area contributed by atoms with E-state index in [1.807, 2.05) is 54.3 Å². The van der Waals surface area contributed by atoms with Crippen LogP contribution in [-0.2, 0) is 21.4 Å². The van der Waals surface area contributed by atoms with Crippen LogP contribution in [0.3, 0.4) is 0 Å². The van der Waals surface area contributed by atoms with Gasteiger partial charge >= 0.3 is 0 Å². The molecule has 0 radical (unpaired) electrons. The number of hydrogen-bond acceptors (Lipinski definition) is 4. The summed E-state index contributed by atoms with van der Waals surface area (Å²) in [5, 5.41) is -0.512. The van der Waals surface area contributed by atoms with E-state index in [1.54, 1.807) is 16.4 Å². The number of carbonyl (C=O) groups excluding carboxylic acids is 2. The van der Waals surface area contributed by atoms with E-state index >= 15 is 0 Å². The van der Waals surface area contributed by atoms with Crippen LogP contribution in [0.15, 0.2) is 54.6 Å². The Morgan fingerprint density at radius 2 is 1.74 bits per heavy atom. The van der Waals surface area contributed by atoms with Gasteiger partial charge in [0, 0.05) is 44.1 Å². The molecule has 2 atom stereocenters. The highest BCUT2D eigenvalue weighted by Crippen LogP contribution is 2.38. The maximum atomic E-state index is 13.4. The molecule has 2 fully saturated rings. The van der Waals surface area contributed by atoms with E-state index in [9.17, 15) is 18.0 Å². The Morgan fingerprint density at radius 1 is 1.00 bits per heavy atom. The summed E-state index contributed by atoms with van der Waals surface area (Å²) in [6, 6.07) is 16.7. The van der Waals surface area contributed by atoms with Gasteiger partial charge in [0.25, 0.3) is 0 Å². The van der Waals surface area contributed by atoms with Gasteiger partial charge in [0.1, 0.15) is 5.25 Å². The molecule has 2 aliphatic heterocycles. The van der Waals surface area contributed by atoms with Crippen LogP contribution in [0.1, 0.15) is 78.6 Å². The average Bonchev–Trinajstić information content (AvgIpc) is 3.24. The van der Waals surface area contributed by atoms with E-state index in [4.69, 9.17) is 0 Å². The van der Waals surface area contributed by atoms with E-state index in [2.05, 4.69) is 0 Å². The molecule has 0 bridgehead atoms. The zero-order valence-corrected chi connectivity index (χ0v) is 20.7. The minimum Gasteiger partial charge on any atom is -0.343 e. The second-order valence-electron chi connectivity index (χ2n) is 9.48. The highest BCUT2D eigenvalue weighted by Gasteiger charge is 2.40. The Hall–Kier alpha value is -2.51. The smallest absolute Gasteiger partial charge is 0.222 e. The molecule has 6 nitrogen and oxygen atoms in total. The zero-order chi connectivity index (χ0) is 24.1. The molecule has 7 heteroatoms. The van der Waals surface area contributed by atoms with Gasteiger partial charge in [-0.2, -0.15) is 4.31 Å². The van der Waals surface area contributed by atoms with Gasteiger partial charge in [-0.3, -0.25) is 9.59 Å². The number of Topliss-reactive ketones (excluding diaryl/α,β-unsaturated/α-hetero) is 1. The predicted octanol–water partition coefficient (Wildman–Crippen LogP) is 4.72. The monoisotopic (exact) mass is 482 g/mol. The minimum atomic E-state index is -3.48. The highest BCUT2D eigenvalue weighted by molar-refractivity contribution is 7.89. The van der Waals surface area contributed by atoms with Crippen LogP contribution in [0.5, 0.6) is 0 Å². The zero-order valence-electron chi connectivity index (χ0n) is 19.9. The summed E-state index contributed by atoms with van der Waals surface area (Å²) in [6.07, 6.45) is 5.08. The number of sulfonamides is 1. The third kappa shape index (κ3) is 5.58. The quantitative estimate of drug-likeness (QED) is 0.383. The lowest BCUT2D eigenvalue weighted by Gasteiger charge is -2.37. The first-order valence-corrected chi connectivity index (χ1v) is 13.8. The van der Waals surface area contributed by atoms with Crippen LogP contribution in [0, 0.1) is 0 Å². The molecule has 2 heterocycles. The summed E-state index contributed by atoms with van der Waals surface area (Å²) in [5.74, 6) is 0.310. The fraction of sp³-hybridized carbons (Fsp3) is 0.481. The van der Waals surface area contributed by atoms with Crippen LogP contribution < -0.4 is 0 Å². The number of carbonyl (C=O) groups is 2. The van der Waals surface area contributed by atoms with E-state index in [0.29, 0.717) is 31.4 Å². The molecule has 2 saturated heterocycles. The molecular formula is C27H34N2O4S. The van der Waals surface area contributed by atoms with Crippen molar-refractivity contribution in [2.45, 2.75) is 69.7 Å². The summed E-state index contributed by atoms with van der Waals surface area (Å²) >= 11 is 0. The van der Waals surface area contributed by atoms with Crippen molar-refractivity contribution in [2.24, 2.45) is 0 Å². The number of nitrogens with zero attached hydrogens (tertiary/aromatic N) is 2. The van der Waals surface area contributed by atoms with Crippen LogP contribution >= 0.6 is 0 Å². The Bertz CT molecular complexity index is 1100. The second-order valence-corrected chi connectivity index (χ2v) is 11.5. The van der Waals surface area contributed by atoms with E-state index in [0.717, 1.165) is 49.9 Å². The molecule has 0 spiro atoms. The predicted molar refractivity (Wildman–Crippen MR) is 133 cm³/mol. The lowest BCUT2D eigenvalue weighted by Crippen LogP contribution is -2.44. The van der Waals surface area contributed by atoms with Crippen molar-refractivity contribution in [3.63, 3.8) is 0 Å². The largest absolute Gasteiger partial charge is 0.343 e. The number of benzene rings is 2. The molecule has 0 aromatic heterocycles. The molecule has 0 saturated carbocycles. The first kappa shape index (κ1) is 24.6. The van der Waals surface area contributed by atoms with Gasteiger partial charge in [0.2, 0.25) is 15.9 Å². The maximum absolute atomic E-state index is 13.4. The number of amides is 1. The average molecular weight is 483 g/mol. The van der Waals surface area contributed by atoms with Gasteiger partial charge in [-0.05, 0) is 50.2 Å². The number of ketones is 1. The Labute approximate surface area is 203 Å². The Balaban J connectivity index is 1.34. The minimum absolute atomic E-state index is 0.0613. The first-order chi connectivity index (χ1) is 16.4. The van der Waals surface area contributed by atoms with Crippen molar-refractivity contribution >= 4 is 21.7 Å². The summed E-state index contributed by atoms with van der Waals surface area (Å²) < 4.78 is 28.4. The van der Waals surface area contributed by atoms with Crippen molar-refractivity contribution in [3.05, 3.63) is 71.3 Å². The topological polar surface area (TPSA) is 74.8 Å². The summed E-state index contributed by atoms with van der Waals surface area (Å²) in [6.45, 7) is 3.85. The molecule has 1 unspecified atom stereocenters. The Kier molecular flexibility index (Phi) is 7.84. The lowest BCUT2D eigenvalue weighted by molar-refractivity contribution is -0.127. The number of unbranched alkanes of at least 4 members (excludes halogenated alkanes) is 1. The third-order valence-corrected chi connectivity index (χ3v) is 9.43. The van der Waals surface area contributed by atoms with Crippen molar-refractivity contribution in [3.8, 4) is 0 Å². The molecular weight excluding hydrogens is 448 g/mol. The molecule has 2 aromatic rings. The van der Waals surface area contributed by atoms with Crippen LogP contribution in [0.25, 0.3) is 0 Å². The molecule has 182 valence electrons. The second kappa shape index (κ2) is 10.8. The van der Waals surface area contributed by atoms with Crippen LogP contribution in [-0.4, -0.2) is 48.4 Å². The lowest BCUT2D eigenvalue weighted by atomic mass is 10.0. The molecule has 4 rings (SSSR count). The molecule has 34 heavy (non-hydrogen) atoms. The Morgan fingerprint density at radius 3 is 2.41 bits per heavy atom. The maximum Gasteiger partial charge on any atom is 0.222 e. The van der Waals surface area contributed by atoms with E-state index in [-0.39, 0.29) is 17.7 Å². The van der Waals surface area contributed by atoms with Gasteiger partial charge < -0.3 is 4.90 Å². The van der Waals surface area contributed by atoms with Crippen LogP contribution in [0.4, 0.5) is 0 Å². The SMILES string of the molecule is C[C@H]1CCC(c2ccccc2)S(=O)(=O)N1Cc1ccc(C(=O)CCCCN2CCCC2=O)cc1. The van der Waals surface area contributed by atoms with Crippen molar-refractivity contribution in [1.29, 1.82) is 0 Å². The standard InChI is InChI=1S/C27H34N2O4S/c1-21-12-17-26(24-8-3-2-4-9-24)34(32,33)29(21)20-22-13-15-23(16-14-22)25(30)10-5-6-18-28-19-7-11-27(28)31/h2-4,8-9,13-16,21,26H,5-7,10-12,17-20H2,1H3/t21-,26?/m0/s1.